The molecular formula is C13H21NO4. The molecule has 5 heteroatoms. The maximum atomic E-state index is 9.49. The molecule has 0 spiro atoms. The van der Waals surface area contributed by atoms with E-state index in [9.17, 15) is 5.11 Å². The molecule has 1 atom stereocenters. The van der Waals surface area contributed by atoms with Crippen LogP contribution in [0, 0.1) is 0 Å². The van der Waals surface area contributed by atoms with Crippen LogP contribution in [0.2, 0.25) is 0 Å². The molecule has 0 aliphatic heterocycles. The molecule has 0 heterocycles. The van der Waals surface area contributed by atoms with Crippen LogP contribution in [0.15, 0.2) is 12.1 Å². The highest BCUT2D eigenvalue weighted by Crippen LogP contribution is 2.38. The van der Waals surface area contributed by atoms with Crippen molar-refractivity contribution >= 4 is 0 Å². The normalized spacial score (nSPS) is 12.4. The Labute approximate surface area is 108 Å². The second-order valence-electron chi connectivity index (χ2n) is 4.11. The van der Waals surface area contributed by atoms with Gasteiger partial charge in [-0.1, -0.05) is 0 Å². The summed E-state index contributed by atoms with van der Waals surface area (Å²) < 4.78 is 15.8. The van der Waals surface area contributed by atoms with Gasteiger partial charge in [0.25, 0.3) is 0 Å². The maximum Gasteiger partial charge on any atom is 0.164 e. The van der Waals surface area contributed by atoms with Crippen molar-refractivity contribution in [3.8, 4) is 17.2 Å². The average Bonchev–Trinajstić information content (AvgIpc) is 2.38. The molecule has 0 saturated heterocycles. The zero-order valence-corrected chi connectivity index (χ0v) is 11.6. The number of methoxy groups -OCH3 is 3. The van der Waals surface area contributed by atoms with Crippen LogP contribution in [0.5, 0.6) is 17.2 Å². The van der Waals surface area contributed by atoms with Crippen LogP contribution in [0.1, 0.15) is 11.6 Å². The van der Waals surface area contributed by atoms with Gasteiger partial charge in [0, 0.05) is 11.6 Å². The second-order valence-corrected chi connectivity index (χ2v) is 4.11. The molecule has 1 N–H and O–H groups in total. The van der Waals surface area contributed by atoms with Crippen LogP contribution in [0.4, 0.5) is 0 Å². The lowest BCUT2D eigenvalue weighted by atomic mass is 10.0. The van der Waals surface area contributed by atoms with Gasteiger partial charge < -0.3 is 24.2 Å². The van der Waals surface area contributed by atoms with Crippen molar-refractivity contribution < 1.29 is 19.3 Å². The van der Waals surface area contributed by atoms with E-state index in [1.807, 2.05) is 25.1 Å². The van der Waals surface area contributed by atoms with Crippen LogP contribution < -0.4 is 14.2 Å². The molecule has 0 bridgehead atoms. The number of benzene rings is 1. The van der Waals surface area contributed by atoms with E-state index in [0.717, 1.165) is 5.56 Å². The van der Waals surface area contributed by atoms with Gasteiger partial charge in [0.1, 0.15) is 5.75 Å². The molecule has 0 saturated carbocycles. The summed E-state index contributed by atoms with van der Waals surface area (Å²) >= 11 is 0. The van der Waals surface area contributed by atoms with Gasteiger partial charge in [-0.25, -0.2) is 0 Å². The largest absolute Gasteiger partial charge is 0.496 e. The Hall–Kier alpha value is -1.46. The molecule has 102 valence electrons. The van der Waals surface area contributed by atoms with Crippen molar-refractivity contribution in [1.82, 2.24) is 4.90 Å². The van der Waals surface area contributed by atoms with Crippen molar-refractivity contribution in [1.29, 1.82) is 0 Å². The summed E-state index contributed by atoms with van der Waals surface area (Å²) in [6, 6.07) is 3.44. The minimum atomic E-state index is -0.153. The Kier molecular flexibility index (Phi) is 5.25. The molecule has 0 fully saturated rings. The molecule has 5 nitrogen and oxygen atoms in total. The Bertz CT molecular complexity index is 393. The molecular weight excluding hydrogens is 234 g/mol. The van der Waals surface area contributed by atoms with Crippen molar-refractivity contribution in [2.45, 2.75) is 6.04 Å². The Morgan fingerprint density at radius 1 is 1.00 bits per heavy atom. The van der Waals surface area contributed by atoms with Gasteiger partial charge in [0.15, 0.2) is 11.5 Å². The summed E-state index contributed by atoms with van der Waals surface area (Å²) in [4.78, 5) is 1.92. The van der Waals surface area contributed by atoms with Crippen molar-refractivity contribution in [2.75, 3.05) is 42.0 Å². The summed E-state index contributed by atoms with van der Waals surface area (Å²) in [5.74, 6) is 1.89. The van der Waals surface area contributed by atoms with Gasteiger partial charge >= 0.3 is 0 Å². The number of aliphatic hydroxyl groups excluding tert-OH is 1. The third-order valence-electron chi connectivity index (χ3n) is 2.89. The van der Waals surface area contributed by atoms with E-state index >= 15 is 0 Å². The number of likely N-dealkylation sites (N-methyl/N-ethyl adjacent to an activating group) is 1. The lowest BCUT2D eigenvalue weighted by Gasteiger charge is -2.25. The molecule has 1 aromatic rings. The second kappa shape index (κ2) is 6.47. The summed E-state index contributed by atoms with van der Waals surface area (Å²) in [6.07, 6.45) is 0. The van der Waals surface area contributed by atoms with E-state index in [1.165, 1.54) is 0 Å². The Morgan fingerprint density at radius 3 is 1.89 bits per heavy atom. The number of aliphatic hydroxyl groups is 1. The van der Waals surface area contributed by atoms with E-state index in [0.29, 0.717) is 17.2 Å². The van der Waals surface area contributed by atoms with Crippen LogP contribution in [-0.2, 0) is 0 Å². The number of ether oxygens (including phenoxy) is 3. The van der Waals surface area contributed by atoms with E-state index in [-0.39, 0.29) is 12.6 Å². The topological polar surface area (TPSA) is 51.2 Å². The lowest BCUT2D eigenvalue weighted by Crippen LogP contribution is -2.23. The summed E-state index contributed by atoms with van der Waals surface area (Å²) in [5.41, 5.74) is 0.864. The fourth-order valence-corrected chi connectivity index (χ4v) is 1.85. The maximum absolute atomic E-state index is 9.49. The summed E-state index contributed by atoms with van der Waals surface area (Å²) in [7, 11) is 8.55. The Balaban J connectivity index is 3.32. The SMILES string of the molecule is COc1cc(OC)c(C(CO)N(C)C)cc1OC. The van der Waals surface area contributed by atoms with Crippen LogP contribution >= 0.6 is 0 Å². The van der Waals surface area contributed by atoms with E-state index < -0.39 is 0 Å². The molecule has 0 radical (unpaired) electrons. The fraction of sp³-hybridized carbons (Fsp3) is 0.538. The molecule has 0 aromatic heterocycles. The molecule has 1 rings (SSSR count). The van der Waals surface area contributed by atoms with Gasteiger partial charge in [-0.2, -0.15) is 0 Å². The first kappa shape index (κ1) is 14.6. The lowest BCUT2D eigenvalue weighted by molar-refractivity contribution is 0.167. The van der Waals surface area contributed by atoms with Crippen molar-refractivity contribution in [3.63, 3.8) is 0 Å². The molecule has 0 aliphatic rings. The number of hydrogen-bond acceptors (Lipinski definition) is 5. The van der Waals surface area contributed by atoms with Gasteiger partial charge in [0.05, 0.1) is 34.0 Å². The van der Waals surface area contributed by atoms with E-state index in [1.54, 1.807) is 27.4 Å². The quantitative estimate of drug-likeness (QED) is 0.830. The van der Waals surface area contributed by atoms with Crippen LogP contribution in [-0.4, -0.2) is 52.0 Å². The zero-order valence-electron chi connectivity index (χ0n) is 11.6. The van der Waals surface area contributed by atoms with Crippen molar-refractivity contribution in [2.24, 2.45) is 0 Å². The number of rotatable bonds is 6. The highest BCUT2D eigenvalue weighted by molar-refractivity contribution is 5.51. The predicted molar refractivity (Wildman–Crippen MR) is 69.6 cm³/mol. The minimum Gasteiger partial charge on any atom is -0.496 e. The first-order valence-corrected chi connectivity index (χ1v) is 5.66. The zero-order chi connectivity index (χ0) is 13.7. The third-order valence-corrected chi connectivity index (χ3v) is 2.89. The fourth-order valence-electron chi connectivity index (χ4n) is 1.85. The highest BCUT2D eigenvalue weighted by Gasteiger charge is 2.20. The van der Waals surface area contributed by atoms with Gasteiger partial charge in [-0.15, -0.1) is 0 Å². The third kappa shape index (κ3) is 2.86. The smallest absolute Gasteiger partial charge is 0.164 e. The van der Waals surface area contributed by atoms with Gasteiger partial charge in [-0.3, -0.25) is 0 Å². The molecule has 0 aliphatic carbocycles. The monoisotopic (exact) mass is 255 g/mol. The molecule has 18 heavy (non-hydrogen) atoms. The van der Waals surface area contributed by atoms with Crippen molar-refractivity contribution in [3.05, 3.63) is 17.7 Å². The van der Waals surface area contributed by atoms with Gasteiger partial charge in [-0.05, 0) is 20.2 Å². The molecule has 0 amide bonds. The predicted octanol–water partition coefficient (Wildman–Crippen LogP) is 1.31. The Morgan fingerprint density at radius 2 is 1.50 bits per heavy atom. The average molecular weight is 255 g/mol. The summed E-state index contributed by atoms with van der Waals surface area (Å²) in [6.45, 7) is -0.00115. The molecule has 1 unspecified atom stereocenters. The number of nitrogens with zero attached hydrogens (tertiary/aromatic N) is 1. The van der Waals surface area contributed by atoms with Crippen LogP contribution in [0.25, 0.3) is 0 Å². The van der Waals surface area contributed by atoms with E-state index in [4.69, 9.17) is 14.2 Å². The standard InChI is InChI=1S/C13H21NO4/c1-14(2)10(8-15)9-6-12(17-4)13(18-5)7-11(9)16-3/h6-7,10,15H,8H2,1-5H3. The number of hydrogen-bond donors (Lipinski definition) is 1. The highest BCUT2D eigenvalue weighted by atomic mass is 16.5. The van der Waals surface area contributed by atoms with Crippen LogP contribution in [0.3, 0.4) is 0 Å². The molecule has 1 aromatic carbocycles. The summed E-state index contributed by atoms with van der Waals surface area (Å²) in [5, 5.41) is 9.49. The first-order valence-electron chi connectivity index (χ1n) is 5.66. The minimum absolute atomic E-state index is 0.00115. The van der Waals surface area contributed by atoms with Gasteiger partial charge in [0.2, 0.25) is 0 Å². The first-order chi connectivity index (χ1) is 8.58. The van der Waals surface area contributed by atoms with E-state index in [2.05, 4.69) is 0 Å².